The molecule has 6 heteroatoms. The molecule has 2 heterocycles. The van der Waals surface area contributed by atoms with Gasteiger partial charge in [-0.3, -0.25) is 4.99 Å². The standard InChI is InChI=1S/C21H26FN5/c1-4-23-21(26(3)14-17-7-9-18(22)10-8-17)24-12-11-19-15-27-13-5-6-16(2)20(27)25-19/h5-10,13,15H,4,11-12,14H2,1-3H3,(H,23,24). The van der Waals surface area contributed by atoms with E-state index in [-0.39, 0.29) is 5.82 Å². The lowest BCUT2D eigenvalue weighted by Crippen LogP contribution is -2.38. The molecular formula is C21H26FN5. The van der Waals surface area contributed by atoms with E-state index in [1.54, 1.807) is 12.1 Å². The van der Waals surface area contributed by atoms with Crippen LogP contribution >= 0.6 is 0 Å². The largest absolute Gasteiger partial charge is 0.357 e. The van der Waals surface area contributed by atoms with Gasteiger partial charge in [0.2, 0.25) is 0 Å². The summed E-state index contributed by atoms with van der Waals surface area (Å²) in [5.41, 5.74) is 4.24. The lowest BCUT2D eigenvalue weighted by molar-refractivity contribution is 0.476. The summed E-state index contributed by atoms with van der Waals surface area (Å²) in [7, 11) is 1.99. The molecule has 5 nitrogen and oxygen atoms in total. The van der Waals surface area contributed by atoms with E-state index in [0.717, 1.165) is 35.8 Å². The summed E-state index contributed by atoms with van der Waals surface area (Å²) in [6.45, 7) is 6.23. The number of hydrogen-bond donors (Lipinski definition) is 1. The molecule has 0 bridgehead atoms. The maximum atomic E-state index is 13.1. The van der Waals surface area contributed by atoms with Crippen molar-refractivity contribution in [1.82, 2.24) is 19.6 Å². The molecule has 0 unspecified atom stereocenters. The number of nitrogens with zero attached hydrogens (tertiary/aromatic N) is 4. The van der Waals surface area contributed by atoms with Crippen molar-refractivity contribution in [3.05, 3.63) is 71.4 Å². The third kappa shape index (κ3) is 4.84. The third-order valence-electron chi connectivity index (χ3n) is 4.39. The Balaban J connectivity index is 1.65. The van der Waals surface area contributed by atoms with Crippen LogP contribution in [0.3, 0.4) is 0 Å². The van der Waals surface area contributed by atoms with E-state index < -0.39 is 0 Å². The second-order valence-corrected chi connectivity index (χ2v) is 6.62. The number of fused-ring (bicyclic) bond motifs is 1. The number of rotatable bonds is 6. The molecule has 1 aromatic carbocycles. The summed E-state index contributed by atoms with van der Waals surface area (Å²) in [5.74, 6) is 0.617. The number of imidazole rings is 1. The predicted octanol–water partition coefficient (Wildman–Crippen LogP) is 3.42. The molecule has 0 amide bonds. The van der Waals surface area contributed by atoms with Crippen molar-refractivity contribution in [2.45, 2.75) is 26.8 Å². The Bertz CT molecular complexity index is 914. The van der Waals surface area contributed by atoms with Crippen molar-refractivity contribution in [2.75, 3.05) is 20.1 Å². The average molecular weight is 367 g/mol. The zero-order chi connectivity index (χ0) is 19.2. The number of aryl methyl sites for hydroxylation is 1. The van der Waals surface area contributed by atoms with Gasteiger partial charge in [-0.15, -0.1) is 0 Å². The molecule has 3 rings (SSSR count). The molecule has 2 aromatic heterocycles. The van der Waals surface area contributed by atoms with E-state index in [9.17, 15) is 4.39 Å². The first-order valence-corrected chi connectivity index (χ1v) is 9.24. The summed E-state index contributed by atoms with van der Waals surface area (Å²) < 4.78 is 15.1. The zero-order valence-electron chi connectivity index (χ0n) is 16.1. The van der Waals surface area contributed by atoms with E-state index in [1.165, 1.54) is 17.7 Å². The second-order valence-electron chi connectivity index (χ2n) is 6.62. The maximum Gasteiger partial charge on any atom is 0.193 e. The lowest BCUT2D eigenvalue weighted by Gasteiger charge is -2.22. The van der Waals surface area contributed by atoms with Gasteiger partial charge in [0.15, 0.2) is 5.96 Å². The molecule has 0 aliphatic rings. The van der Waals surface area contributed by atoms with Gasteiger partial charge in [0.25, 0.3) is 0 Å². The highest BCUT2D eigenvalue weighted by Gasteiger charge is 2.08. The average Bonchev–Trinajstić information content (AvgIpc) is 3.07. The molecule has 0 fully saturated rings. The molecule has 0 radical (unpaired) electrons. The third-order valence-corrected chi connectivity index (χ3v) is 4.39. The molecule has 0 atom stereocenters. The van der Waals surface area contributed by atoms with Crippen LogP contribution in [0.25, 0.3) is 5.65 Å². The number of aromatic nitrogens is 2. The van der Waals surface area contributed by atoms with Gasteiger partial charge in [-0.2, -0.15) is 0 Å². The zero-order valence-corrected chi connectivity index (χ0v) is 16.1. The molecule has 0 aliphatic heterocycles. The van der Waals surface area contributed by atoms with E-state index in [4.69, 9.17) is 9.98 Å². The molecule has 0 saturated carbocycles. The van der Waals surface area contributed by atoms with Crippen LogP contribution in [-0.2, 0) is 13.0 Å². The van der Waals surface area contributed by atoms with Gasteiger partial charge in [0.05, 0.1) is 5.69 Å². The fourth-order valence-corrected chi connectivity index (χ4v) is 3.01. The first kappa shape index (κ1) is 18.9. The van der Waals surface area contributed by atoms with Crippen LogP contribution in [0.1, 0.15) is 23.7 Å². The van der Waals surface area contributed by atoms with Gasteiger partial charge < -0.3 is 14.6 Å². The van der Waals surface area contributed by atoms with Crippen LogP contribution in [0.4, 0.5) is 4.39 Å². The van der Waals surface area contributed by atoms with Crippen molar-refractivity contribution in [3.8, 4) is 0 Å². The minimum absolute atomic E-state index is 0.218. The minimum Gasteiger partial charge on any atom is -0.357 e. The van der Waals surface area contributed by atoms with Crippen LogP contribution in [0, 0.1) is 12.7 Å². The van der Waals surface area contributed by atoms with Crippen LogP contribution in [0.5, 0.6) is 0 Å². The smallest absolute Gasteiger partial charge is 0.193 e. The maximum absolute atomic E-state index is 13.1. The fraction of sp³-hybridized carbons (Fsp3) is 0.333. The van der Waals surface area contributed by atoms with Gasteiger partial charge in [0.1, 0.15) is 11.5 Å². The summed E-state index contributed by atoms with van der Waals surface area (Å²) in [5, 5.41) is 3.31. The molecule has 142 valence electrons. The number of aliphatic imine (C=N–C) groups is 1. The van der Waals surface area contributed by atoms with Crippen molar-refractivity contribution in [3.63, 3.8) is 0 Å². The highest BCUT2D eigenvalue weighted by atomic mass is 19.1. The number of hydrogen-bond acceptors (Lipinski definition) is 2. The van der Waals surface area contributed by atoms with E-state index in [0.29, 0.717) is 13.1 Å². The molecular weight excluding hydrogens is 341 g/mol. The molecule has 0 aliphatic carbocycles. The Kier molecular flexibility index (Phi) is 6.06. The first-order valence-electron chi connectivity index (χ1n) is 9.24. The van der Waals surface area contributed by atoms with E-state index in [1.807, 2.05) is 31.1 Å². The Morgan fingerprint density at radius 3 is 2.74 bits per heavy atom. The monoisotopic (exact) mass is 367 g/mol. The quantitative estimate of drug-likeness (QED) is 0.536. The van der Waals surface area contributed by atoms with Crippen LogP contribution in [0.15, 0.2) is 53.8 Å². The van der Waals surface area contributed by atoms with Crippen LogP contribution in [-0.4, -0.2) is 40.4 Å². The number of benzene rings is 1. The normalized spacial score (nSPS) is 11.8. The Hall–Kier alpha value is -2.89. The number of nitrogens with one attached hydrogen (secondary N) is 1. The summed E-state index contributed by atoms with van der Waals surface area (Å²) >= 11 is 0. The SMILES string of the molecule is CCNC(=NCCc1cn2cccc(C)c2n1)N(C)Cc1ccc(F)cc1. The van der Waals surface area contributed by atoms with Crippen molar-refractivity contribution < 1.29 is 4.39 Å². The van der Waals surface area contributed by atoms with Gasteiger partial charge in [0, 0.05) is 45.5 Å². The lowest BCUT2D eigenvalue weighted by atomic mass is 10.2. The molecule has 27 heavy (non-hydrogen) atoms. The van der Waals surface area contributed by atoms with Gasteiger partial charge in [-0.25, -0.2) is 9.37 Å². The highest BCUT2D eigenvalue weighted by molar-refractivity contribution is 5.79. The topological polar surface area (TPSA) is 44.9 Å². The first-order chi connectivity index (χ1) is 13.1. The fourth-order valence-electron chi connectivity index (χ4n) is 3.01. The number of pyridine rings is 1. The van der Waals surface area contributed by atoms with Gasteiger partial charge in [-0.05, 0) is 43.2 Å². The molecule has 0 spiro atoms. The van der Waals surface area contributed by atoms with Crippen molar-refractivity contribution in [1.29, 1.82) is 0 Å². The highest BCUT2D eigenvalue weighted by Crippen LogP contribution is 2.10. The molecule has 3 aromatic rings. The van der Waals surface area contributed by atoms with Crippen molar-refractivity contribution in [2.24, 2.45) is 4.99 Å². The Morgan fingerprint density at radius 1 is 1.26 bits per heavy atom. The van der Waals surface area contributed by atoms with Gasteiger partial charge >= 0.3 is 0 Å². The Labute approximate surface area is 159 Å². The van der Waals surface area contributed by atoms with Crippen LogP contribution < -0.4 is 5.32 Å². The van der Waals surface area contributed by atoms with E-state index in [2.05, 4.69) is 28.9 Å². The van der Waals surface area contributed by atoms with Gasteiger partial charge in [-0.1, -0.05) is 18.2 Å². The number of halogens is 1. The van der Waals surface area contributed by atoms with Crippen molar-refractivity contribution >= 4 is 11.6 Å². The minimum atomic E-state index is -0.218. The number of guanidine groups is 1. The van der Waals surface area contributed by atoms with Crippen LogP contribution in [0.2, 0.25) is 0 Å². The molecule has 0 saturated heterocycles. The van der Waals surface area contributed by atoms with E-state index >= 15 is 0 Å². The summed E-state index contributed by atoms with van der Waals surface area (Å²) in [6, 6.07) is 10.7. The summed E-state index contributed by atoms with van der Waals surface area (Å²) in [4.78, 5) is 11.5. The second kappa shape index (κ2) is 8.66. The summed E-state index contributed by atoms with van der Waals surface area (Å²) in [6.07, 6.45) is 4.86. The Morgan fingerprint density at radius 2 is 2.04 bits per heavy atom. The molecule has 1 N–H and O–H groups in total. The predicted molar refractivity (Wildman–Crippen MR) is 107 cm³/mol.